The Morgan fingerprint density at radius 3 is 2.41 bits per heavy atom. The van der Waals surface area contributed by atoms with E-state index in [2.05, 4.69) is 26.0 Å². The van der Waals surface area contributed by atoms with Gasteiger partial charge in [0.2, 0.25) is 0 Å². The van der Waals surface area contributed by atoms with E-state index >= 15 is 4.39 Å². The van der Waals surface area contributed by atoms with Crippen LogP contribution in [0.2, 0.25) is 0 Å². The van der Waals surface area contributed by atoms with Crippen molar-refractivity contribution < 1.29 is 9.13 Å². The van der Waals surface area contributed by atoms with E-state index in [-0.39, 0.29) is 5.82 Å². The number of benzene rings is 1. The Hall–Kier alpha value is -0.890. The Morgan fingerprint density at radius 2 is 1.59 bits per heavy atom. The fourth-order valence-corrected chi connectivity index (χ4v) is 7.38. The van der Waals surface area contributed by atoms with Crippen molar-refractivity contribution in [3.63, 3.8) is 0 Å². The SMILES string of the molecule is CCCCCCOC1CCC2CC(c3ccc4c(c3F)CCC(CCCCCC)C4)CCC2C1. The summed E-state index contributed by atoms with van der Waals surface area (Å²) in [6.45, 7) is 5.49. The molecule has 0 aromatic heterocycles. The fourth-order valence-electron chi connectivity index (χ4n) is 7.38. The number of fused-ring (bicyclic) bond motifs is 2. The van der Waals surface area contributed by atoms with E-state index in [1.54, 1.807) is 0 Å². The fraction of sp³-hybridized carbons (Fsp3) is 0.812. The third kappa shape index (κ3) is 6.86. The third-order valence-electron chi connectivity index (χ3n) is 9.50. The summed E-state index contributed by atoms with van der Waals surface area (Å²) in [6, 6.07) is 4.49. The van der Waals surface area contributed by atoms with Crippen LogP contribution in [0.15, 0.2) is 12.1 Å². The van der Waals surface area contributed by atoms with Crippen molar-refractivity contribution in [2.75, 3.05) is 6.61 Å². The monoisotopic (exact) mass is 470 g/mol. The molecule has 5 unspecified atom stereocenters. The number of rotatable bonds is 12. The number of hydrogen-bond acceptors (Lipinski definition) is 1. The lowest BCUT2D eigenvalue weighted by Crippen LogP contribution is -2.34. The van der Waals surface area contributed by atoms with Gasteiger partial charge in [0.15, 0.2) is 0 Å². The van der Waals surface area contributed by atoms with Gasteiger partial charge in [0.05, 0.1) is 6.10 Å². The van der Waals surface area contributed by atoms with Gasteiger partial charge in [-0.15, -0.1) is 0 Å². The lowest BCUT2D eigenvalue weighted by atomic mass is 9.65. The third-order valence-corrected chi connectivity index (χ3v) is 9.50. The molecule has 3 aliphatic carbocycles. The molecule has 2 heteroatoms. The van der Waals surface area contributed by atoms with Crippen LogP contribution in [-0.2, 0) is 17.6 Å². The van der Waals surface area contributed by atoms with Crippen molar-refractivity contribution in [2.45, 2.75) is 141 Å². The van der Waals surface area contributed by atoms with Crippen LogP contribution < -0.4 is 0 Å². The highest BCUT2D eigenvalue weighted by Crippen LogP contribution is 2.48. The van der Waals surface area contributed by atoms with E-state index in [4.69, 9.17) is 4.74 Å². The Balaban J connectivity index is 1.27. The van der Waals surface area contributed by atoms with Gasteiger partial charge in [0, 0.05) is 6.61 Å². The zero-order valence-electron chi connectivity index (χ0n) is 22.3. The first-order valence-electron chi connectivity index (χ1n) is 15.1. The van der Waals surface area contributed by atoms with Crippen LogP contribution in [-0.4, -0.2) is 12.7 Å². The van der Waals surface area contributed by atoms with E-state index < -0.39 is 0 Å². The molecule has 0 aliphatic heterocycles. The van der Waals surface area contributed by atoms with Crippen molar-refractivity contribution in [2.24, 2.45) is 17.8 Å². The van der Waals surface area contributed by atoms with Gasteiger partial charge in [0.25, 0.3) is 0 Å². The maximum atomic E-state index is 15.7. The normalized spacial score (nSPS) is 29.0. The standard InChI is InChI=1S/C32H51FO/c1-3-5-7-9-11-24-12-18-30-27(21-24)16-19-31(32(30)33)28-14-13-26-23-29(17-15-25(26)22-28)34-20-10-8-6-4-2/h16,19,24-26,28-29H,3-15,17-18,20-23H2,1-2H3. The smallest absolute Gasteiger partial charge is 0.130 e. The van der Waals surface area contributed by atoms with Crippen LogP contribution in [0.4, 0.5) is 4.39 Å². The van der Waals surface area contributed by atoms with Gasteiger partial charge in [-0.3, -0.25) is 0 Å². The van der Waals surface area contributed by atoms with E-state index in [0.29, 0.717) is 12.0 Å². The predicted octanol–water partition coefficient (Wildman–Crippen LogP) is 9.55. The number of halogens is 1. The molecule has 2 fully saturated rings. The topological polar surface area (TPSA) is 9.23 Å². The summed E-state index contributed by atoms with van der Waals surface area (Å²) in [4.78, 5) is 0. The molecule has 34 heavy (non-hydrogen) atoms. The zero-order chi connectivity index (χ0) is 23.8. The Labute approximate surface area is 209 Å². The van der Waals surface area contributed by atoms with Gasteiger partial charge in [-0.1, -0.05) is 77.3 Å². The largest absolute Gasteiger partial charge is 0.378 e. The molecule has 3 aliphatic rings. The molecular weight excluding hydrogens is 419 g/mol. The second kappa shape index (κ2) is 13.4. The summed E-state index contributed by atoms with van der Waals surface area (Å²) in [5, 5.41) is 0. The van der Waals surface area contributed by atoms with Crippen LogP contribution in [0.3, 0.4) is 0 Å². The van der Waals surface area contributed by atoms with Gasteiger partial charge in [-0.2, -0.15) is 0 Å². The molecule has 192 valence electrons. The number of hydrogen-bond donors (Lipinski definition) is 0. The number of ether oxygens (including phenoxy) is 1. The van der Waals surface area contributed by atoms with E-state index in [1.807, 2.05) is 0 Å². The molecule has 0 amide bonds. The van der Waals surface area contributed by atoms with Gasteiger partial charge >= 0.3 is 0 Å². The molecule has 0 bridgehead atoms. The summed E-state index contributed by atoms with van der Waals surface area (Å²) in [5.74, 6) is 2.97. The Morgan fingerprint density at radius 1 is 0.824 bits per heavy atom. The van der Waals surface area contributed by atoms with E-state index in [9.17, 15) is 0 Å². The summed E-state index contributed by atoms with van der Waals surface area (Å²) in [6.07, 6.45) is 23.0. The van der Waals surface area contributed by atoms with Crippen molar-refractivity contribution in [3.8, 4) is 0 Å². The molecule has 5 atom stereocenters. The second-order valence-corrected chi connectivity index (χ2v) is 12.0. The van der Waals surface area contributed by atoms with Crippen molar-refractivity contribution in [3.05, 3.63) is 34.6 Å². The second-order valence-electron chi connectivity index (χ2n) is 12.0. The zero-order valence-corrected chi connectivity index (χ0v) is 22.3. The van der Waals surface area contributed by atoms with Gasteiger partial charge in [-0.25, -0.2) is 4.39 Å². The average molecular weight is 471 g/mol. The minimum Gasteiger partial charge on any atom is -0.378 e. The Kier molecular flexibility index (Phi) is 10.3. The lowest BCUT2D eigenvalue weighted by Gasteiger charge is -2.42. The molecule has 1 aromatic carbocycles. The number of unbranched alkanes of at least 4 members (excludes halogenated alkanes) is 6. The van der Waals surface area contributed by atoms with E-state index in [1.165, 1.54) is 108 Å². The van der Waals surface area contributed by atoms with Crippen LogP contribution in [0.25, 0.3) is 0 Å². The first kappa shape index (κ1) is 26.2. The molecule has 0 heterocycles. The summed E-state index contributed by atoms with van der Waals surface area (Å²) in [5.41, 5.74) is 3.44. The quantitative estimate of drug-likeness (QED) is 0.276. The highest BCUT2D eigenvalue weighted by molar-refractivity contribution is 5.38. The highest BCUT2D eigenvalue weighted by atomic mass is 19.1. The molecular formula is C32H51FO. The summed E-state index contributed by atoms with van der Waals surface area (Å²) < 4.78 is 22.0. The van der Waals surface area contributed by atoms with E-state index in [0.717, 1.165) is 48.3 Å². The summed E-state index contributed by atoms with van der Waals surface area (Å²) >= 11 is 0. The van der Waals surface area contributed by atoms with Crippen molar-refractivity contribution in [1.29, 1.82) is 0 Å². The predicted molar refractivity (Wildman–Crippen MR) is 142 cm³/mol. The lowest BCUT2D eigenvalue weighted by molar-refractivity contribution is -0.0164. The summed E-state index contributed by atoms with van der Waals surface area (Å²) in [7, 11) is 0. The first-order chi connectivity index (χ1) is 16.7. The Bertz CT molecular complexity index is 743. The maximum absolute atomic E-state index is 15.7. The molecule has 1 nitrogen and oxygen atoms in total. The molecule has 0 spiro atoms. The van der Waals surface area contributed by atoms with Crippen molar-refractivity contribution in [1.82, 2.24) is 0 Å². The van der Waals surface area contributed by atoms with Crippen LogP contribution in [0, 0.1) is 23.6 Å². The minimum absolute atomic E-state index is 0.175. The van der Waals surface area contributed by atoms with Gasteiger partial charge in [-0.05, 0) is 105 Å². The molecule has 4 rings (SSSR count). The minimum atomic E-state index is 0.175. The van der Waals surface area contributed by atoms with Crippen LogP contribution in [0.1, 0.15) is 139 Å². The molecule has 0 radical (unpaired) electrons. The van der Waals surface area contributed by atoms with Crippen molar-refractivity contribution >= 4 is 0 Å². The highest BCUT2D eigenvalue weighted by Gasteiger charge is 2.37. The van der Waals surface area contributed by atoms with Crippen LogP contribution >= 0.6 is 0 Å². The molecule has 1 aromatic rings. The average Bonchev–Trinajstić information content (AvgIpc) is 2.86. The van der Waals surface area contributed by atoms with Gasteiger partial charge < -0.3 is 4.74 Å². The molecule has 0 N–H and O–H groups in total. The van der Waals surface area contributed by atoms with Gasteiger partial charge in [0.1, 0.15) is 5.82 Å². The molecule has 0 saturated heterocycles. The molecule has 2 saturated carbocycles. The maximum Gasteiger partial charge on any atom is 0.130 e. The van der Waals surface area contributed by atoms with Crippen LogP contribution in [0.5, 0.6) is 0 Å². The first-order valence-corrected chi connectivity index (χ1v) is 15.1.